The molecule has 0 saturated heterocycles. The Labute approximate surface area is 128 Å². The van der Waals surface area contributed by atoms with Crippen LogP contribution in [-0.2, 0) is 4.79 Å². The van der Waals surface area contributed by atoms with Crippen molar-refractivity contribution in [3.63, 3.8) is 0 Å². The molecule has 0 amide bonds. The summed E-state index contributed by atoms with van der Waals surface area (Å²) in [5.41, 5.74) is 3.11. The highest BCUT2D eigenvalue weighted by Crippen LogP contribution is 2.50. The summed E-state index contributed by atoms with van der Waals surface area (Å²) in [5, 5.41) is 9.46. The van der Waals surface area contributed by atoms with Gasteiger partial charge in [0.25, 0.3) is 0 Å². The molecule has 0 unspecified atom stereocenters. The molecule has 2 aliphatic heterocycles. The van der Waals surface area contributed by atoms with Crippen LogP contribution in [0.3, 0.4) is 0 Å². The van der Waals surface area contributed by atoms with Gasteiger partial charge in [0.05, 0.1) is 11.4 Å². The second-order valence-corrected chi connectivity index (χ2v) is 5.41. The van der Waals surface area contributed by atoms with E-state index < -0.39 is 6.04 Å². The molecule has 2 aliphatic rings. The molecule has 0 bridgehead atoms. The standard InChI is InChI=1S/C18H13N3O/c1-20-14-9-5-6-10-15(14)21-16(12-7-3-2-4-8-12)17(22)13(11-19)18(20)21/h2-10,16H,1H3/t16-/m0/s1. The number of nitrogens with zero attached hydrogens (tertiary/aromatic N) is 3. The number of hydrogen-bond acceptors (Lipinski definition) is 4. The van der Waals surface area contributed by atoms with E-state index in [2.05, 4.69) is 6.07 Å². The van der Waals surface area contributed by atoms with E-state index >= 15 is 0 Å². The first-order chi connectivity index (χ1) is 10.7. The Hall–Kier alpha value is -3.06. The minimum atomic E-state index is -0.461. The molecule has 4 nitrogen and oxygen atoms in total. The number of para-hydroxylation sites is 2. The summed E-state index contributed by atoms with van der Waals surface area (Å²) in [4.78, 5) is 16.7. The number of carbonyl (C=O) groups is 1. The molecule has 0 aromatic heterocycles. The van der Waals surface area contributed by atoms with Gasteiger partial charge in [-0.25, -0.2) is 0 Å². The first-order valence-electron chi connectivity index (χ1n) is 7.09. The molecular weight excluding hydrogens is 274 g/mol. The quantitative estimate of drug-likeness (QED) is 0.809. The Bertz CT molecular complexity index is 848. The Morgan fingerprint density at radius 3 is 2.32 bits per heavy atom. The zero-order valence-electron chi connectivity index (χ0n) is 12.0. The molecule has 2 aromatic rings. The van der Waals surface area contributed by atoms with Gasteiger partial charge in [0, 0.05) is 7.05 Å². The van der Waals surface area contributed by atoms with Gasteiger partial charge in [-0.3, -0.25) is 4.79 Å². The number of carbonyl (C=O) groups excluding carboxylic acids is 1. The Morgan fingerprint density at radius 1 is 1.00 bits per heavy atom. The van der Waals surface area contributed by atoms with Crippen molar-refractivity contribution < 1.29 is 4.79 Å². The van der Waals surface area contributed by atoms with Crippen LogP contribution in [0.4, 0.5) is 11.4 Å². The lowest BCUT2D eigenvalue weighted by Crippen LogP contribution is -2.27. The number of ketones is 1. The van der Waals surface area contributed by atoms with Crippen molar-refractivity contribution in [3.05, 3.63) is 71.6 Å². The van der Waals surface area contributed by atoms with E-state index in [1.54, 1.807) is 0 Å². The fourth-order valence-electron chi connectivity index (χ4n) is 3.30. The van der Waals surface area contributed by atoms with Gasteiger partial charge in [0.1, 0.15) is 23.5 Å². The first kappa shape index (κ1) is 12.7. The van der Waals surface area contributed by atoms with Crippen LogP contribution >= 0.6 is 0 Å². The molecule has 0 aliphatic carbocycles. The van der Waals surface area contributed by atoms with Crippen LogP contribution < -0.4 is 9.80 Å². The lowest BCUT2D eigenvalue weighted by molar-refractivity contribution is -0.115. The fourth-order valence-corrected chi connectivity index (χ4v) is 3.30. The number of nitriles is 1. The average molecular weight is 287 g/mol. The zero-order valence-corrected chi connectivity index (χ0v) is 12.0. The van der Waals surface area contributed by atoms with E-state index in [0.29, 0.717) is 5.82 Å². The number of hydrogen-bond donors (Lipinski definition) is 0. The Kier molecular flexibility index (Phi) is 2.57. The van der Waals surface area contributed by atoms with E-state index in [1.165, 1.54) is 0 Å². The molecule has 0 spiro atoms. The third-order valence-corrected chi connectivity index (χ3v) is 4.25. The number of anilines is 2. The molecule has 2 aromatic carbocycles. The molecule has 22 heavy (non-hydrogen) atoms. The summed E-state index contributed by atoms with van der Waals surface area (Å²) in [6.45, 7) is 0. The molecule has 4 rings (SSSR count). The molecule has 0 saturated carbocycles. The monoisotopic (exact) mass is 287 g/mol. The van der Waals surface area contributed by atoms with Gasteiger partial charge >= 0.3 is 0 Å². The van der Waals surface area contributed by atoms with Gasteiger partial charge in [0.15, 0.2) is 0 Å². The maximum Gasteiger partial charge on any atom is 0.204 e. The number of rotatable bonds is 1. The third kappa shape index (κ3) is 1.48. The summed E-state index contributed by atoms with van der Waals surface area (Å²) >= 11 is 0. The molecular formula is C18H13N3O. The first-order valence-corrected chi connectivity index (χ1v) is 7.09. The van der Waals surface area contributed by atoms with Crippen LogP contribution in [0.15, 0.2) is 66.0 Å². The highest BCUT2D eigenvalue weighted by atomic mass is 16.1. The van der Waals surface area contributed by atoms with Crippen molar-refractivity contribution in [2.24, 2.45) is 0 Å². The largest absolute Gasteiger partial charge is 0.328 e. The summed E-state index contributed by atoms with van der Waals surface area (Å²) in [5.74, 6) is 0.549. The van der Waals surface area contributed by atoms with Crippen LogP contribution in [0, 0.1) is 11.3 Å². The highest BCUT2D eigenvalue weighted by molar-refractivity contribution is 6.13. The number of fused-ring (bicyclic) bond motifs is 3. The van der Waals surface area contributed by atoms with E-state index in [9.17, 15) is 10.1 Å². The molecule has 0 N–H and O–H groups in total. The van der Waals surface area contributed by atoms with Crippen molar-refractivity contribution in [1.82, 2.24) is 0 Å². The van der Waals surface area contributed by atoms with E-state index in [1.807, 2.05) is 71.4 Å². The highest BCUT2D eigenvalue weighted by Gasteiger charge is 2.47. The smallest absolute Gasteiger partial charge is 0.204 e. The normalized spacial score (nSPS) is 19.3. The number of Topliss-reactive ketones (excluding diaryl/α,β-unsaturated/α-hetero) is 1. The van der Waals surface area contributed by atoms with Crippen molar-refractivity contribution in [1.29, 1.82) is 5.26 Å². The van der Waals surface area contributed by atoms with Crippen molar-refractivity contribution in [2.45, 2.75) is 6.04 Å². The lowest BCUT2D eigenvalue weighted by Gasteiger charge is -2.24. The van der Waals surface area contributed by atoms with Crippen LogP contribution in [0.5, 0.6) is 0 Å². The average Bonchev–Trinajstić information content (AvgIpc) is 3.01. The topological polar surface area (TPSA) is 47.3 Å². The summed E-state index contributed by atoms with van der Waals surface area (Å²) in [7, 11) is 1.90. The van der Waals surface area contributed by atoms with Crippen LogP contribution in [0.1, 0.15) is 11.6 Å². The zero-order chi connectivity index (χ0) is 15.3. The number of benzene rings is 2. The SMILES string of the molecule is CN1C2=C(C#N)C(=O)[C@H](c3ccccc3)N2c2ccccc21. The van der Waals surface area contributed by atoms with Gasteiger partial charge in [-0.2, -0.15) is 5.26 Å². The third-order valence-electron chi connectivity index (χ3n) is 4.25. The fraction of sp³-hybridized carbons (Fsp3) is 0.111. The van der Waals surface area contributed by atoms with Gasteiger partial charge in [0.2, 0.25) is 5.78 Å². The maximum atomic E-state index is 12.8. The van der Waals surface area contributed by atoms with E-state index in [0.717, 1.165) is 16.9 Å². The second-order valence-electron chi connectivity index (χ2n) is 5.41. The minimum Gasteiger partial charge on any atom is -0.328 e. The van der Waals surface area contributed by atoms with Crippen molar-refractivity contribution >= 4 is 17.2 Å². The van der Waals surface area contributed by atoms with Crippen LogP contribution in [-0.4, -0.2) is 12.8 Å². The Balaban J connectivity index is 1.96. The molecule has 106 valence electrons. The summed E-state index contributed by atoms with van der Waals surface area (Å²) in [6.07, 6.45) is 0. The summed E-state index contributed by atoms with van der Waals surface area (Å²) in [6, 6.07) is 19.2. The van der Waals surface area contributed by atoms with Gasteiger partial charge < -0.3 is 9.80 Å². The molecule has 1 atom stereocenters. The molecule has 0 fully saturated rings. The summed E-state index contributed by atoms with van der Waals surface area (Å²) < 4.78 is 0. The van der Waals surface area contributed by atoms with Crippen molar-refractivity contribution in [2.75, 3.05) is 16.8 Å². The van der Waals surface area contributed by atoms with Gasteiger partial charge in [-0.1, -0.05) is 42.5 Å². The molecule has 2 heterocycles. The van der Waals surface area contributed by atoms with E-state index in [4.69, 9.17) is 0 Å². The second kappa shape index (κ2) is 4.47. The molecule has 4 heteroatoms. The predicted molar refractivity (Wildman–Crippen MR) is 84.2 cm³/mol. The van der Waals surface area contributed by atoms with Crippen LogP contribution in [0.25, 0.3) is 0 Å². The maximum absolute atomic E-state index is 12.8. The Morgan fingerprint density at radius 2 is 1.64 bits per heavy atom. The van der Waals surface area contributed by atoms with E-state index in [-0.39, 0.29) is 11.4 Å². The van der Waals surface area contributed by atoms with Crippen LogP contribution in [0.2, 0.25) is 0 Å². The lowest BCUT2D eigenvalue weighted by atomic mass is 10.00. The molecule has 0 radical (unpaired) electrons. The van der Waals surface area contributed by atoms with Gasteiger partial charge in [-0.05, 0) is 17.7 Å². The predicted octanol–water partition coefficient (Wildman–Crippen LogP) is 3.00. The minimum absolute atomic E-state index is 0.134. The van der Waals surface area contributed by atoms with Crippen molar-refractivity contribution in [3.8, 4) is 6.07 Å². The van der Waals surface area contributed by atoms with Gasteiger partial charge in [-0.15, -0.1) is 0 Å².